The molecule has 2 heterocycles. The van der Waals surface area contributed by atoms with Gasteiger partial charge in [0.05, 0.1) is 11.0 Å². The maximum atomic E-state index is 5.09. The second kappa shape index (κ2) is 13.3. The summed E-state index contributed by atoms with van der Waals surface area (Å²) >= 11 is 0. The van der Waals surface area contributed by atoms with E-state index in [0.29, 0.717) is 11.6 Å². The van der Waals surface area contributed by atoms with Gasteiger partial charge in [-0.1, -0.05) is 158 Å². The fraction of sp³-hybridized carbons (Fsp3) is 0.0577. The minimum atomic E-state index is -0.0218. The van der Waals surface area contributed by atoms with Crippen LogP contribution in [0.15, 0.2) is 194 Å². The van der Waals surface area contributed by atoms with Crippen LogP contribution in [0.1, 0.15) is 40.8 Å². The van der Waals surface area contributed by atoms with Crippen LogP contribution < -0.4 is 0 Å². The maximum Gasteiger partial charge on any atom is 0.163 e. The van der Waals surface area contributed by atoms with Gasteiger partial charge in [0.25, 0.3) is 0 Å². The SMILES string of the molecule is C1=CC(n2c3ccccc3c3cc(-c4ccc5c(c4)[C@@H](c4ccccc4)c4ccccc4-5)ccc32)=CC(c2nc(-c3ccccc3)nc(-c3ccccc3)n2)C1. The molecule has 11 rings (SSSR count). The van der Waals surface area contributed by atoms with Gasteiger partial charge in [-0.3, -0.25) is 0 Å². The van der Waals surface area contributed by atoms with Gasteiger partial charge in [0.2, 0.25) is 0 Å². The van der Waals surface area contributed by atoms with Gasteiger partial charge >= 0.3 is 0 Å². The molecule has 0 amide bonds. The van der Waals surface area contributed by atoms with E-state index in [2.05, 4.69) is 162 Å². The maximum absolute atomic E-state index is 5.09. The molecule has 2 aromatic heterocycles. The number of benzene rings is 7. The first-order chi connectivity index (χ1) is 27.8. The van der Waals surface area contributed by atoms with E-state index in [-0.39, 0.29) is 11.8 Å². The van der Waals surface area contributed by atoms with Crippen LogP contribution in [0, 0.1) is 0 Å². The second-order valence-electron chi connectivity index (χ2n) is 14.7. The molecule has 4 heteroatoms. The average Bonchev–Trinajstić information content (AvgIpc) is 3.79. The Hall–Kier alpha value is -7.17. The highest BCUT2D eigenvalue weighted by molar-refractivity contribution is 6.11. The molecule has 9 aromatic rings. The lowest BCUT2D eigenvalue weighted by atomic mass is 9.88. The summed E-state index contributed by atoms with van der Waals surface area (Å²) in [6, 6.07) is 62.9. The van der Waals surface area contributed by atoms with Crippen molar-refractivity contribution in [2.75, 3.05) is 0 Å². The van der Waals surface area contributed by atoms with Crippen LogP contribution in [0.5, 0.6) is 0 Å². The monoisotopic (exact) mass is 716 g/mol. The third-order valence-electron chi connectivity index (χ3n) is 11.4. The third-order valence-corrected chi connectivity index (χ3v) is 11.4. The molecule has 0 bridgehead atoms. The number of aromatic nitrogens is 4. The first-order valence-corrected chi connectivity index (χ1v) is 19.3. The van der Waals surface area contributed by atoms with Gasteiger partial charge in [-0.15, -0.1) is 0 Å². The Morgan fingerprint density at radius 1 is 0.464 bits per heavy atom. The van der Waals surface area contributed by atoms with Crippen molar-refractivity contribution in [3.8, 4) is 45.0 Å². The number of nitrogens with zero attached hydrogens (tertiary/aromatic N) is 4. The first kappa shape index (κ1) is 32.3. The van der Waals surface area contributed by atoms with Crippen LogP contribution in [-0.2, 0) is 0 Å². The highest BCUT2D eigenvalue weighted by atomic mass is 15.0. The molecule has 0 N–H and O–H groups in total. The Kier molecular flexibility index (Phi) is 7.66. The molecular weight excluding hydrogens is 681 g/mol. The van der Waals surface area contributed by atoms with Gasteiger partial charge in [0.15, 0.2) is 11.6 Å². The standard InChI is InChI=1S/C52H36N4/c1-4-15-34(16-5-1)49-44-25-11-10-23-41(44)42-29-27-37(33-46(42)49)38-28-30-48-45(32-38)43-24-12-13-26-47(43)56(48)40-22-14-21-39(31-40)52-54-50(35-17-6-2-7-18-35)53-51(55-52)36-19-8-3-9-20-36/h1-20,22-33,39,49H,21H2/t39?,49-/m0/s1. The predicted octanol–water partition coefficient (Wildman–Crippen LogP) is 12.7. The van der Waals surface area contributed by atoms with Crippen molar-refractivity contribution in [3.05, 3.63) is 217 Å². The Bertz CT molecular complexity index is 2940. The van der Waals surface area contributed by atoms with Gasteiger partial charge < -0.3 is 4.57 Å². The van der Waals surface area contributed by atoms with Crippen molar-refractivity contribution in [2.24, 2.45) is 0 Å². The van der Waals surface area contributed by atoms with E-state index in [1.54, 1.807) is 0 Å². The number of para-hydroxylation sites is 1. The third kappa shape index (κ3) is 5.41. The van der Waals surface area contributed by atoms with Crippen LogP contribution in [-0.4, -0.2) is 19.5 Å². The summed E-state index contributed by atoms with van der Waals surface area (Å²) < 4.78 is 2.40. The lowest BCUT2D eigenvalue weighted by molar-refractivity contribution is 0.762. The summed E-state index contributed by atoms with van der Waals surface area (Å²) in [7, 11) is 0. The summed E-state index contributed by atoms with van der Waals surface area (Å²) in [6.07, 6.45) is 7.65. The van der Waals surface area contributed by atoms with Gasteiger partial charge in [-0.2, -0.15) is 0 Å². The fourth-order valence-electron chi connectivity index (χ4n) is 8.81. The predicted molar refractivity (Wildman–Crippen MR) is 229 cm³/mol. The van der Waals surface area contributed by atoms with Crippen molar-refractivity contribution in [2.45, 2.75) is 18.3 Å². The van der Waals surface area contributed by atoms with Crippen LogP contribution in [0.3, 0.4) is 0 Å². The Morgan fingerprint density at radius 2 is 1.07 bits per heavy atom. The molecule has 2 atom stereocenters. The van der Waals surface area contributed by atoms with Crippen molar-refractivity contribution in [1.82, 2.24) is 19.5 Å². The summed E-state index contributed by atoms with van der Waals surface area (Å²) in [5, 5.41) is 2.46. The number of allylic oxidation sites excluding steroid dienone is 4. The summed E-state index contributed by atoms with van der Waals surface area (Å²) in [5.74, 6) is 2.34. The molecular formula is C52H36N4. The minimum Gasteiger partial charge on any atom is -0.310 e. The molecule has 2 aliphatic rings. The number of hydrogen-bond acceptors (Lipinski definition) is 3. The minimum absolute atomic E-state index is 0.0218. The molecule has 1 unspecified atom stereocenters. The van der Waals surface area contributed by atoms with Gasteiger partial charge in [-0.05, 0) is 81.8 Å². The van der Waals surface area contributed by atoms with E-state index in [0.717, 1.165) is 29.1 Å². The van der Waals surface area contributed by atoms with E-state index >= 15 is 0 Å². The number of rotatable bonds is 6. The largest absolute Gasteiger partial charge is 0.310 e. The Morgan fingerprint density at radius 3 is 1.84 bits per heavy atom. The van der Waals surface area contributed by atoms with Crippen LogP contribution in [0.4, 0.5) is 0 Å². The lowest BCUT2D eigenvalue weighted by Crippen LogP contribution is -2.10. The van der Waals surface area contributed by atoms with Crippen molar-refractivity contribution in [1.29, 1.82) is 0 Å². The molecule has 56 heavy (non-hydrogen) atoms. The molecule has 4 nitrogen and oxygen atoms in total. The number of hydrogen-bond donors (Lipinski definition) is 0. The quantitative estimate of drug-likeness (QED) is 0.172. The fourth-order valence-corrected chi connectivity index (χ4v) is 8.81. The van der Waals surface area contributed by atoms with Crippen LogP contribution >= 0.6 is 0 Å². The average molecular weight is 717 g/mol. The Labute approximate surface area is 325 Å². The lowest BCUT2D eigenvalue weighted by Gasteiger charge is -2.19. The smallest absolute Gasteiger partial charge is 0.163 e. The number of fused-ring (bicyclic) bond motifs is 6. The molecule has 264 valence electrons. The van der Waals surface area contributed by atoms with Crippen molar-refractivity contribution in [3.63, 3.8) is 0 Å². The van der Waals surface area contributed by atoms with Crippen LogP contribution in [0.2, 0.25) is 0 Å². The topological polar surface area (TPSA) is 43.6 Å². The second-order valence-corrected chi connectivity index (χ2v) is 14.7. The normalized spacial score (nSPS) is 15.8. The molecule has 0 spiro atoms. The molecule has 2 aliphatic carbocycles. The van der Waals surface area contributed by atoms with Gasteiger partial charge in [0.1, 0.15) is 5.82 Å². The molecule has 0 aliphatic heterocycles. The molecule has 0 saturated carbocycles. The first-order valence-electron chi connectivity index (χ1n) is 19.3. The molecule has 0 saturated heterocycles. The summed E-state index contributed by atoms with van der Waals surface area (Å²) in [6.45, 7) is 0. The Balaban J connectivity index is 1.02. The van der Waals surface area contributed by atoms with Crippen molar-refractivity contribution >= 4 is 27.5 Å². The molecule has 0 fully saturated rings. The highest BCUT2D eigenvalue weighted by Gasteiger charge is 2.30. The van der Waals surface area contributed by atoms with E-state index in [1.165, 1.54) is 60.8 Å². The van der Waals surface area contributed by atoms with E-state index in [9.17, 15) is 0 Å². The highest BCUT2D eigenvalue weighted by Crippen LogP contribution is 2.49. The molecule has 7 aromatic carbocycles. The van der Waals surface area contributed by atoms with E-state index in [1.807, 2.05) is 36.4 Å². The van der Waals surface area contributed by atoms with Crippen LogP contribution in [0.25, 0.3) is 72.5 Å². The zero-order valence-corrected chi connectivity index (χ0v) is 30.6. The van der Waals surface area contributed by atoms with Crippen molar-refractivity contribution < 1.29 is 0 Å². The van der Waals surface area contributed by atoms with E-state index < -0.39 is 0 Å². The van der Waals surface area contributed by atoms with Gasteiger partial charge in [0, 0.05) is 39.4 Å². The summed E-state index contributed by atoms with van der Waals surface area (Å²) in [4.78, 5) is 15.1. The molecule has 0 radical (unpaired) electrons. The zero-order valence-electron chi connectivity index (χ0n) is 30.6. The van der Waals surface area contributed by atoms with E-state index in [4.69, 9.17) is 15.0 Å². The zero-order chi connectivity index (χ0) is 37.0. The van der Waals surface area contributed by atoms with Gasteiger partial charge in [-0.25, -0.2) is 15.0 Å². The summed E-state index contributed by atoms with van der Waals surface area (Å²) in [5.41, 5.74) is 14.6.